The molecule has 0 aliphatic rings. The van der Waals surface area contributed by atoms with Crippen LogP contribution in [0.15, 0.2) is 54.6 Å². The third-order valence-electron chi connectivity index (χ3n) is 6.22. The number of aryl methyl sites for hydroxylation is 1. The molecule has 0 bridgehead atoms. The highest BCUT2D eigenvalue weighted by Gasteiger charge is 2.18. The number of para-hydroxylation sites is 1. The number of benzene rings is 3. The van der Waals surface area contributed by atoms with Crippen LogP contribution in [-0.2, 0) is 20.7 Å². The summed E-state index contributed by atoms with van der Waals surface area (Å²) in [6, 6.07) is 15.3. The van der Waals surface area contributed by atoms with E-state index >= 15 is 0 Å². The summed E-state index contributed by atoms with van der Waals surface area (Å²) in [7, 11) is 2.64. The van der Waals surface area contributed by atoms with Gasteiger partial charge in [0.2, 0.25) is 0 Å². The monoisotopic (exact) mass is 639 g/mol. The van der Waals surface area contributed by atoms with Crippen LogP contribution in [0.1, 0.15) is 35.2 Å². The first-order chi connectivity index (χ1) is 20.1. The number of aliphatic hydroxyl groups is 2. The number of nitrogens with one attached hydrogen (secondary N) is 1. The summed E-state index contributed by atoms with van der Waals surface area (Å²) in [5.74, 6) is -0.152. The summed E-state index contributed by atoms with van der Waals surface area (Å²) < 4.78 is 20.8. The van der Waals surface area contributed by atoms with Gasteiger partial charge in [0.25, 0.3) is 0 Å². The third kappa shape index (κ3) is 9.68. The zero-order valence-corrected chi connectivity index (χ0v) is 25.3. The molecule has 0 spiro atoms. The Morgan fingerprint density at radius 2 is 1.48 bits per heavy atom. The van der Waals surface area contributed by atoms with Crippen molar-refractivity contribution in [3.63, 3.8) is 0 Å². The summed E-state index contributed by atoms with van der Waals surface area (Å²) in [6.07, 6.45) is -1.29. The van der Waals surface area contributed by atoms with E-state index in [1.807, 2.05) is 0 Å². The summed E-state index contributed by atoms with van der Waals surface area (Å²) in [4.78, 5) is 23.4. The van der Waals surface area contributed by atoms with Gasteiger partial charge in [-0.15, -0.1) is 0 Å². The number of hydrogen-bond donors (Lipinski definition) is 3. The number of halogens is 3. The molecule has 3 aromatic rings. The largest absolute Gasteiger partial charge is 0.492 e. The maximum absolute atomic E-state index is 12.0. The SMILES string of the molecule is COC(=O)CCc1cc(Cl)c(OCC[C@@H](O)[C@H](O)CCOc2ccc(Nc3ccccc3C(=O)OC)cc2Cl)c(Cl)c1. The van der Waals surface area contributed by atoms with Gasteiger partial charge in [-0.1, -0.05) is 46.9 Å². The molecule has 9 nitrogen and oxygen atoms in total. The minimum Gasteiger partial charge on any atom is -0.492 e. The van der Waals surface area contributed by atoms with Crippen LogP contribution in [0, 0.1) is 0 Å². The fourth-order valence-corrected chi connectivity index (χ4v) is 4.81. The Hall–Kier alpha value is -3.21. The van der Waals surface area contributed by atoms with Crippen LogP contribution < -0.4 is 14.8 Å². The molecule has 0 aromatic heterocycles. The lowest BCUT2D eigenvalue weighted by atomic mass is 10.1. The van der Waals surface area contributed by atoms with E-state index in [1.165, 1.54) is 14.2 Å². The summed E-state index contributed by atoms with van der Waals surface area (Å²) in [5.41, 5.74) is 2.33. The number of rotatable bonds is 15. The van der Waals surface area contributed by atoms with Crippen LogP contribution in [0.3, 0.4) is 0 Å². The molecule has 226 valence electrons. The fraction of sp³-hybridized carbons (Fsp3) is 0.333. The van der Waals surface area contributed by atoms with Gasteiger partial charge in [-0.25, -0.2) is 4.79 Å². The molecule has 12 heteroatoms. The highest BCUT2D eigenvalue weighted by molar-refractivity contribution is 6.37. The van der Waals surface area contributed by atoms with Crippen molar-refractivity contribution >= 4 is 58.1 Å². The Labute approximate surface area is 259 Å². The first-order valence-electron chi connectivity index (χ1n) is 13.0. The van der Waals surface area contributed by atoms with Gasteiger partial charge < -0.3 is 34.5 Å². The number of ether oxygens (including phenoxy) is 4. The van der Waals surface area contributed by atoms with E-state index in [1.54, 1.807) is 54.6 Å². The second-order valence-electron chi connectivity index (χ2n) is 9.18. The van der Waals surface area contributed by atoms with Crippen molar-refractivity contribution in [3.8, 4) is 11.5 Å². The number of hydrogen-bond acceptors (Lipinski definition) is 9. The molecular weight excluding hydrogens is 609 g/mol. The van der Waals surface area contributed by atoms with Crippen molar-refractivity contribution in [2.45, 2.75) is 37.9 Å². The predicted octanol–water partition coefficient (Wildman–Crippen LogP) is 6.24. The topological polar surface area (TPSA) is 124 Å². The number of esters is 2. The van der Waals surface area contributed by atoms with Gasteiger partial charge >= 0.3 is 11.9 Å². The second kappa shape index (κ2) is 16.4. The smallest absolute Gasteiger partial charge is 0.339 e. The highest BCUT2D eigenvalue weighted by atomic mass is 35.5. The summed E-state index contributed by atoms with van der Waals surface area (Å²) >= 11 is 19.0. The second-order valence-corrected chi connectivity index (χ2v) is 10.4. The van der Waals surface area contributed by atoms with E-state index in [9.17, 15) is 19.8 Å². The van der Waals surface area contributed by atoms with Crippen molar-refractivity contribution in [1.82, 2.24) is 0 Å². The molecule has 3 rings (SSSR count). The molecule has 3 N–H and O–H groups in total. The lowest BCUT2D eigenvalue weighted by Crippen LogP contribution is -2.29. The number of aliphatic hydroxyl groups excluding tert-OH is 2. The first kappa shape index (κ1) is 33.3. The normalized spacial score (nSPS) is 12.3. The molecule has 3 aromatic carbocycles. The van der Waals surface area contributed by atoms with Crippen molar-refractivity contribution in [1.29, 1.82) is 0 Å². The summed E-state index contributed by atoms with van der Waals surface area (Å²) in [5, 5.41) is 24.8. The Bertz CT molecular complexity index is 1350. The average Bonchev–Trinajstić information content (AvgIpc) is 2.98. The van der Waals surface area contributed by atoms with Crippen molar-refractivity contribution in [3.05, 3.63) is 80.8 Å². The van der Waals surface area contributed by atoms with Gasteiger partial charge in [-0.2, -0.15) is 0 Å². The van der Waals surface area contributed by atoms with Gasteiger partial charge in [0.15, 0.2) is 5.75 Å². The van der Waals surface area contributed by atoms with Crippen LogP contribution in [0.4, 0.5) is 11.4 Å². The van der Waals surface area contributed by atoms with Crippen LogP contribution in [0.2, 0.25) is 15.1 Å². The fourth-order valence-electron chi connectivity index (χ4n) is 3.93. The minimum absolute atomic E-state index is 0.0550. The van der Waals surface area contributed by atoms with Crippen molar-refractivity contribution < 1.29 is 38.7 Å². The molecule has 42 heavy (non-hydrogen) atoms. The van der Waals surface area contributed by atoms with Crippen LogP contribution in [0.25, 0.3) is 0 Å². The van der Waals surface area contributed by atoms with Gasteiger partial charge in [-0.3, -0.25) is 4.79 Å². The van der Waals surface area contributed by atoms with Gasteiger partial charge in [0, 0.05) is 24.9 Å². The Morgan fingerprint density at radius 1 is 0.833 bits per heavy atom. The predicted molar refractivity (Wildman–Crippen MR) is 162 cm³/mol. The average molecular weight is 641 g/mol. The summed E-state index contributed by atoms with van der Waals surface area (Å²) in [6.45, 7) is 0.154. The lowest BCUT2D eigenvalue weighted by molar-refractivity contribution is -0.140. The Balaban J connectivity index is 1.45. The van der Waals surface area contributed by atoms with E-state index in [0.29, 0.717) is 34.1 Å². The van der Waals surface area contributed by atoms with E-state index < -0.39 is 18.2 Å². The number of carbonyl (C=O) groups excluding carboxylic acids is 2. The Morgan fingerprint density at radius 3 is 2.10 bits per heavy atom. The molecule has 0 saturated heterocycles. The zero-order chi connectivity index (χ0) is 30.6. The van der Waals surface area contributed by atoms with Gasteiger partial charge in [-0.05, 0) is 54.4 Å². The first-order valence-corrected chi connectivity index (χ1v) is 14.2. The maximum Gasteiger partial charge on any atom is 0.339 e. The molecule has 0 heterocycles. The maximum atomic E-state index is 12.0. The molecule has 0 aliphatic carbocycles. The molecule has 0 radical (unpaired) electrons. The molecule has 0 saturated carbocycles. The van der Waals surface area contributed by atoms with Crippen LogP contribution >= 0.6 is 34.8 Å². The zero-order valence-electron chi connectivity index (χ0n) is 23.1. The highest BCUT2D eigenvalue weighted by Crippen LogP contribution is 2.35. The van der Waals surface area contributed by atoms with E-state index in [4.69, 9.17) is 49.0 Å². The molecule has 2 atom stereocenters. The molecule has 0 unspecified atom stereocenters. The minimum atomic E-state index is -1.08. The van der Waals surface area contributed by atoms with Gasteiger partial charge in [0.1, 0.15) is 5.75 Å². The lowest BCUT2D eigenvalue weighted by Gasteiger charge is -2.19. The van der Waals surface area contributed by atoms with Gasteiger partial charge in [0.05, 0.1) is 66.0 Å². The molecule has 0 aliphatic heterocycles. The third-order valence-corrected chi connectivity index (χ3v) is 7.08. The standard InChI is InChI=1S/C30H32Cl3NO8/c1-39-28(37)10-7-18-15-22(32)29(23(33)16-18)42-14-12-26(36)25(35)11-13-41-27-9-8-19(17-21(27)31)34-24-6-4-3-5-20(24)30(38)40-2/h3-6,8-9,15-17,25-26,34-36H,7,10-14H2,1-2H3/t25-,26-/m1/s1. The van der Waals surface area contributed by atoms with E-state index in [0.717, 1.165) is 5.56 Å². The van der Waals surface area contributed by atoms with Crippen LogP contribution in [0.5, 0.6) is 11.5 Å². The van der Waals surface area contributed by atoms with E-state index in [-0.39, 0.29) is 54.2 Å². The molecular formula is C30H32Cl3NO8. The molecule has 0 fully saturated rings. The number of anilines is 2. The Kier molecular flexibility index (Phi) is 13.0. The molecule has 0 amide bonds. The van der Waals surface area contributed by atoms with Crippen LogP contribution in [-0.4, -0.2) is 61.8 Å². The number of methoxy groups -OCH3 is 2. The van der Waals surface area contributed by atoms with Crippen molar-refractivity contribution in [2.24, 2.45) is 0 Å². The van der Waals surface area contributed by atoms with Crippen molar-refractivity contribution in [2.75, 3.05) is 32.8 Å². The van der Waals surface area contributed by atoms with E-state index in [2.05, 4.69) is 10.1 Å². The quantitative estimate of drug-likeness (QED) is 0.166. The number of carbonyl (C=O) groups is 2.